The number of rotatable bonds is 4. The summed E-state index contributed by atoms with van der Waals surface area (Å²) < 4.78 is 26.9. The highest BCUT2D eigenvalue weighted by atomic mass is 19.3. The molecule has 2 aliphatic rings. The van der Waals surface area contributed by atoms with Crippen LogP contribution >= 0.6 is 0 Å². The fourth-order valence-electron chi connectivity index (χ4n) is 4.53. The molecule has 1 amide bonds. The van der Waals surface area contributed by atoms with Crippen molar-refractivity contribution in [1.29, 1.82) is 0 Å². The fourth-order valence-corrected chi connectivity index (χ4v) is 4.53. The van der Waals surface area contributed by atoms with Crippen molar-refractivity contribution in [3.63, 3.8) is 0 Å². The zero-order valence-corrected chi connectivity index (χ0v) is 17.3. The average molecular weight is 434 g/mol. The number of aliphatic hydroxyl groups is 2. The number of pyridine rings is 1. The molecule has 1 aliphatic heterocycles. The molecule has 2 fully saturated rings. The minimum Gasteiger partial charge on any atom is -0.387 e. The van der Waals surface area contributed by atoms with Gasteiger partial charge in [-0.3, -0.25) is 20.4 Å². The van der Waals surface area contributed by atoms with Gasteiger partial charge in [-0.05, 0) is 37.1 Å². The first-order valence-electron chi connectivity index (χ1n) is 10.7. The maximum Gasteiger partial charge on any atom is 0.248 e. The second kappa shape index (κ2) is 8.74. The van der Waals surface area contributed by atoms with Gasteiger partial charge in [0, 0.05) is 30.5 Å². The zero-order chi connectivity index (χ0) is 22.2. The van der Waals surface area contributed by atoms with Crippen LogP contribution in [0.25, 0.3) is 10.8 Å². The van der Waals surface area contributed by atoms with Gasteiger partial charge in [-0.2, -0.15) is 0 Å². The van der Waals surface area contributed by atoms with Crippen LogP contribution in [0.1, 0.15) is 44.5 Å². The van der Waals surface area contributed by atoms with E-state index in [2.05, 4.69) is 20.9 Å². The lowest BCUT2D eigenvalue weighted by Gasteiger charge is -2.39. The Bertz CT molecular complexity index is 929. The molecule has 0 spiro atoms. The molecule has 168 valence electrons. The Kier molecular flexibility index (Phi) is 6.20. The lowest BCUT2D eigenvalue weighted by molar-refractivity contribution is -0.135. The number of aliphatic hydroxyl groups excluding tert-OH is 2. The molecule has 0 bridgehead atoms. The van der Waals surface area contributed by atoms with Crippen LogP contribution in [0.3, 0.4) is 0 Å². The van der Waals surface area contributed by atoms with E-state index in [9.17, 15) is 23.8 Å². The molecule has 7 nitrogen and oxygen atoms in total. The first-order chi connectivity index (χ1) is 14.7. The van der Waals surface area contributed by atoms with E-state index in [4.69, 9.17) is 0 Å². The second-order valence-electron chi connectivity index (χ2n) is 8.59. The zero-order valence-electron chi connectivity index (χ0n) is 17.3. The number of aromatic nitrogens is 1. The molecule has 1 saturated heterocycles. The summed E-state index contributed by atoms with van der Waals surface area (Å²) in [5.41, 5.74) is 0.601. The fraction of sp³-hybridized carbons (Fsp3) is 0.545. The van der Waals surface area contributed by atoms with Crippen LogP contribution in [0.2, 0.25) is 0 Å². The molecule has 5 N–H and O–H groups in total. The summed E-state index contributed by atoms with van der Waals surface area (Å²) in [4.78, 5) is 17.3. The molecule has 1 aliphatic carbocycles. The molecule has 0 radical (unpaired) electrons. The van der Waals surface area contributed by atoms with Gasteiger partial charge in [-0.1, -0.05) is 24.3 Å². The monoisotopic (exact) mass is 434 g/mol. The Balaban J connectivity index is 1.48. The van der Waals surface area contributed by atoms with E-state index in [-0.39, 0.29) is 24.8 Å². The molecule has 2 heterocycles. The van der Waals surface area contributed by atoms with Gasteiger partial charge in [-0.25, -0.2) is 8.78 Å². The third kappa shape index (κ3) is 4.69. The van der Waals surface area contributed by atoms with Crippen molar-refractivity contribution in [2.24, 2.45) is 5.92 Å². The van der Waals surface area contributed by atoms with Gasteiger partial charge in [0.15, 0.2) is 0 Å². The van der Waals surface area contributed by atoms with Gasteiger partial charge in [0.25, 0.3) is 0 Å². The van der Waals surface area contributed by atoms with Gasteiger partial charge in [-0.15, -0.1) is 0 Å². The third-order valence-electron chi connectivity index (χ3n) is 6.45. The van der Waals surface area contributed by atoms with Crippen molar-refractivity contribution in [3.05, 3.63) is 42.2 Å². The summed E-state index contributed by atoms with van der Waals surface area (Å²) in [6.45, 7) is 1.79. The SMILES string of the molecule is CC(NC(=O)C1NC(c2nccc3ccccc23)NC(O)C1O)C1CCC(F)(F)CC1. The number of carbonyl (C=O) groups is 1. The summed E-state index contributed by atoms with van der Waals surface area (Å²) >= 11 is 0. The summed E-state index contributed by atoms with van der Waals surface area (Å²) in [5.74, 6) is -3.17. The van der Waals surface area contributed by atoms with Crippen molar-refractivity contribution in [2.45, 2.75) is 69.1 Å². The Morgan fingerprint density at radius 1 is 1.19 bits per heavy atom. The number of carbonyl (C=O) groups excluding carboxylic acids is 1. The van der Waals surface area contributed by atoms with E-state index >= 15 is 0 Å². The summed E-state index contributed by atoms with van der Waals surface area (Å²) in [6, 6.07) is 8.08. The van der Waals surface area contributed by atoms with Gasteiger partial charge in [0.1, 0.15) is 24.5 Å². The number of alkyl halides is 2. The van der Waals surface area contributed by atoms with Crippen molar-refractivity contribution < 1.29 is 23.8 Å². The van der Waals surface area contributed by atoms with E-state index in [0.29, 0.717) is 18.5 Å². The van der Waals surface area contributed by atoms with Crippen molar-refractivity contribution in [3.8, 4) is 0 Å². The number of hydrogen-bond acceptors (Lipinski definition) is 6. The maximum atomic E-state index is 13.4. The minimum absolute atomic E-state index is 0.0529. The molecular formula is C22H28F2N4O3. The van der Waals surface area contributed by atoms with E-state index in [0.717, 1.165) is 10.8 Å². The first kappa shape index (κ1) is 22.0. The number of nitrogens with zero attached hydrogens (tertiary/aromatic N) is 1. The lowest BCUT2D eigenvalue weighted by atomic mass is 9.82. The van der Waals surface area contributed by atoms with E-state index < -0.39 is 36.4 Å². The number of halogens is 2. The normalized spacial score (nSPS) is 30.1. The number of benzene rings is 1. The number of hydrogen-bond donors (Lipinski definition) is 5. The van der Waals surface area contributed by atoms with E-state index in [1.807, 2.05) is 30.3 Å². The second-order valence-corrected chi connectivity index (χ2v) is 8.59. The molecule has 9 heteroatoms. The molecule has 5 unspecified atom stereocenters. The molecular weight excluding hydrogens is 406 g/mol. The van der Waals surface area contributed by atoms with Crippen LogP contribution < -0.4 is 16.0 Å². The molecule has 1 aromatic carbocycles. The topological polar surface area (TPSA) is 107 Å². The Labute approximate surface area is 179 Å². The standard InChI is InChI=1S/C22H28F2N4O3/c1-12(13-6-9-22(23,24)10-7-13)26-20(30)17-18(29)21(31)28-19(27-17)16-15-5-3-2-4-14(15)8-11-25-16/h2-5,8,11-13,17-19,21,27-29,31H,6-7,9-10H2,1H3,(H,26,30). The van der Waals surface area contributed by atoms with Crippen molar-refractivity contribution in [2.75, 3.05) is 0 Å². The molecule has 1 aromatic heterocycles. The average Bonchev–Trinajstić information content (AvgIpc) is 2.75. The van der Waals surface area contributed by atoms with Crippen LogP contribution in [0.15, 0.2) is 36.5 Å². The van der Waals surface area contributed by atoms with Crippen LogP contribution in [0.5, 0.6) is 0 Å². The van der Waals surface area contributed by atoms with Crippen LogP contribution in [-0.4, -0.2) is 51.4 Å². The Morgan fingerprint density at radius 3 is 2.65 bits per heavy atom. The highest BCUT2D eigenvalue weighted by molar-refractivity contribution is 5.85. The van der Waals surface area contributed by atoms with Gasteiger partial charge >= 0.3 is 0 Å². The largest absolute Gasteiger partial charge is 0.387 e. The van der Waals surface area contributed by atoms with Gasteiger partial charge < -0.3 is 15.5 Å². The quantitative estimate of drug-likeness (QED) is 0.503. The maximum absolute atomic E-state index is 13.4. The third-order valence-corrected chi connectivity index (χ3v) is 6.45. The van der Waals surface area contributed by atoms with Crippen molar-refractivity contribution >= 4 is 16.7 Å². The van der Waals surface area contributed by atoms with E-state index in [1.165, 1.54) is 0 Å². The molecule has 1 saturated carbocycles. The van der Waals surface area contributed by atoms with Gasteiger partial charge in [0.2, 0.25) is 11.8 Å². The Hall–Kier alpha value is -2.20. The molecule has 5 atom stereocenters. The molecule has 2 aromatic rings. The highest BCUT2D eigenvalue weighted by Gasteiger charge is 2.42. The van der Waals surface area contributed by atoms with Crippen LogP contribution in [0.4, 0.5) is 8.78 Å². The van der Waals surface area contributed by atoms with Crippen LogP contribution in [0, 0.1) is 5.92 Å². The van der Waals surface area contributed by atoms with Crippen LogP contribution in [-0.2, 0) is 4.79 Å². The minimum atomic E-state index is -2.63. The highest BCUT2D eigenvalue weighted by Crippen LogP contribution is 2.37. The Morgan fingerprint density at radius 2 is 1.90 bits per heavy atom. The summed E-state index contributed by atoms with van der Waals surface area (Å²) in [5, 5.41) is 31.3. The first-order valence-corrected chi connectivity index (χ1v) is 10.7. The number of nitrogens with one attached hydrogen (secondary N) is 3. The van der Waals surface area contributed by atoms with Crippen molar-refractivity contribution in [1.82, 2.24) is 20.9 Å². The number of fused-ring (bicyclic) bond motifs is 1. The summed E-state index contributed by atoms with van der Waals surface area (Å²) in [7, 11) is 0. The van der Waals surface area contributed by atoms with Gasteiger partial charge in [0.05, 0.1) is 5.69 Å². The lowest BCUT2D eigenvalue weighted by Crippen LogP contribution is -2.67. The van der Waals surface area contributed by atoms with E-state index in [1.54, 1.807) is 13.1 Å². The predicted molar refractivity (Wildman–Crippen MR) is 111 cm³/mol. The smallest absolute Gasteiger partial charge is 0.248 e. The number of amides is 1. The predicted octanol–water partition coefficient (Wildman–Crippen LogP) is 1.80. The molecule has 31 heavy (non-hydrogen) atoms. The summed E-state index contributed by atoms with van der Waals surface area (Å²) in [6.07, 6.45) is -1.43. The molecule has 4 rings (SSSR count).